The second-order valence-corrected chi connectivity index (χ2v) is 5.87. The number of hydrogen-bond acceptors (Lipinski definition) is 3. The Hall–Kier alpha value is -3.16. The molecule has 0 unspecified atom stereocenters. The van der Waals surface area contributed by atoms with Crippen molar-refractivity contribution in [3.8, 4) is 11.5 Å². The van der Waals surface area contributed by atoms with E-state index in [1.54, 1.807) is 37.4 Å². The van der Waals surface area contributed by atoms with Gasteiger partial charge in [-0.2, -0.15) is 13.2 Å². The Labute approximate surface area is 153 Å². The summed E-state index contributed by atoms with van der Waals surface area (Å²) in [6.07, 6.45) is -4.40. The lowest BCUT2D eigenvalue weighted by Crippen LogP contribution is -2.23. The molecule has 2 aromatic carbocycles. The van der Waals surface area contributed by atoms with Gasteiger partial charge >= 0.3 is 6.18 Å². The number of alkyl halides is 3. The number of rotatable bonds is 6. The molecular formula is C19H17F3N2O3. The molecule has 0 spiro atoms. The molecule has 0 saturated heterocycles. The minimum absolute atomic E-state index is 0.0942. The van der Waals surface area contributed by atoms with Gasteiger partial charge in [-0.15, -0.1) is 0 Å². The number of aromatic nitrogens is 1. The summed E-state index contributed by atoms with van der Waals surface area (Å²) in [7, 11) is 1.56. The second kappa shape index (κ2) is 7.61. The van der Waals surface area contributed by atoms with Crippen molar-refractivity contribution in [3.63, 3.8) is 0 Å². The van der Waals surface area contributed by atoms with Crippen LogP contribution < -0.4 is 14.8 Å². The molecule has 2 N–H and O–H groups in total. The maximum atomic E-state index is 12.3. The summed E-state index contributed by atoms with van der Waals surface area (Å²) in [5, 5.41) is 3.59. The second-order valence-electron chi connectivity index (χ2n) is 5.87. The van der Waals surface area contributed by atoms with Crippen LogP contribution in [0.3, 0.4) is 0 Å². The van der Waals surface area contributed by atoms with Crippen LogP contribution in [0.25, 0.3) is 10.9 Å². The Kier molecular flexibility index (Phi) is 5.25. The van der Waals surface area contributed by atoms with Crippen molar-refractivity contribution in [1.82, 2.24) is 10.3 Å². The third kappa shape index (κ3) is 4.93. The molecule has 3 aromatic rings. The van der Waals surface area contributed by atoms with E-state index in [9.17, 15) is 18.0 Å². The molecule has 0 radical (unpaired) electrons. The molecule has 1 heterocycles. The smallest absolute Gasteiger partial charge is 0.422 e. The molecule has 3 rings (SSSR count). The number of carbonyl (C=O) groups excluding carboxylic acids is 1. The van der Waals surface area contributed by atoms with Crippen LogP contribution in [0.15, 0.2) is 48.5 Å². The number of halogens is 3. The highest BCUT2D eigenvalue weighted by Gasteiger charge is 2.28. The summed E-state index contributed by atoms with van der Waals surface area (Å²) in [6, 6.07) is 13.3. The Balaban J connectivity index is 1.63. The first-order valence-corrected chi connectivity index (χ1v) is 8.07. The van der Waals surface area contributed by atoms with E-state index < -0.39 is 12.8 Å². The summed E-state index contributed by atoms with van der Waals surface area (Å²) in [5.41, 5.74) is 1.77. The average molecular weight is 378 g/mol. The first kappa shape index (κ1) is 18.6. The Morgan fingerprint density at radius 1 is 1.11 bits per heavy atom. The Morgan fingerprint density at radius 3 is 2.67 bits per heavy atom. The summed E-state index contributed by atoms with van der Waals surface area (Å²) in [6.45, 7) is -1.21. The third-order valence-electron chi connectivity index (χ3n) is 3.83. The quantitative estimate of drug-likeness (QED) is 0.680. The van der Waals surface area contributed by atoms with E-state index in [1.165, 1.54) is 12.1 Å². The van der Waals surface area contributed by atoms with Gasteiger partial charge < -0.3 is 19.8 Å². The third-order valence-corrected chi connectivity index (χ3v) is 3.83. The lowest BCUT2D eigenvalue weighted by atomic mass is 10.2. The van der Waals surface area contributed by atoms with E-state index in [0.717, 1.165) is 10.9 Å². The first-order valence-electron chi connectivity index (χ1n) is 8.07. The van der Waals surface area contributed by atoms with Crippen molar-refractivity contribution >= 4 is 16.8 Å². The maximum absolute atomic E-state index is 12.3. The fourth-order valence-electron chi connectivity index (χ4n) is 2.54. The molecule has 0 atom stereocenters. The zero-order valence-corrected chi connectivity index (χ0v) is 14.4. The van der Waals surface area contributed by atoms with Crippen LogP contribution in [0.2, 0.25) is 0 Å². The lowest BCUT2D eigenvalue weighted by Gasteiger charge is -2.10. The van der Waals surface area contributed by atoms with E-state index in [1.807, 2.05) is 6.07 Å². The minimum Gasteiger partial charge on any atom is -0.497 e. The minimum atomic E-state index is -4.40. The molecule has 1 aromatic heterocycles. The molecule has 1 amide bonds. The molecule has 0 aliphatic carbocycles. The number of carbonyl (C=O) groups is 1. The Morgan fingerprint density at radius 2 is 1.93 bits per heavy atom. The standard InChI is InChI=1S/C19H17F3N2O3/c1-26-14-6-5-13-8-17(24-16(13)9-14)18(25)23-10-12-3-2-4-15(7-12)27-11-19(20,21)22/h2-9,24H,10-11H2,1H3,(H,23,25). The molecule has 5 nitrogen and oxygen atoms in total. The van der Waals surface area contributed by atoms with E-state index in [-0.39, 0.29) is 18.2 Å². The van der Waals surface area contributed by atoms with E-state index in [2.05, 4.69) is 10.3 Å². The number of nitrogens with one attached hydrogen (secondary N) is 2. The van der Waals surface area contributed by atoms with Gasteiger partial charge in [0.2, 0.25) is 0 Å². The van der Waals surface area contributed by atoms with Gasteiger partial charge in [0.05, 0.1) is 7.11 Å². The normalized spacial score (nSPS) is 11.4. The lowest BCUT2D eigenvalue weighted by molar-refractivity contribution is -0.153. The fourth-order valence-corrected chi connectivity index (χ4v) is 2.54. The van der Waals surface area contributed by atoms with Crippen LogP contribution in [-0.2, 0) is 6.54 Å². The number of methoxy groups -OCH3 is 1. The monoisotopic (exact) mass is 378 g/mol. The molecule has 27 heavy (non-hydrogen) atoms. The highest BCUT2D eigenvalue weighted by Crippen LogP contribution is 2.22. The Bertz CT molecular complexity index is 951. The number of fused-ring (bicyclic) bond motifs is 1. The summed E-state index contributed by atoms with van der Waals surface area (Å²) in [5.74, 6) is 0.440. The number of hydrogen-bond donors (Lipinski definition) is 2. The molecule has 8 heteroatoms. The molecule has 142 valence electrons. The van der Waals surface area contributed by atoms with Gasteiger partial charge in [0.25, 0.3) is 5.91 Å². The van der Waals surface area contributed by atoms with Gasteiger partial charge in [-0.05, 0) is 35.9 Å². The summed E-state index contributed by atoms with van der Waals surface area (Å²) >= 11 is 0. The number of benzene rings is 2. The molecule has 0 saturated carbocycles. The number of aromatic amines is 1. The van der Waals surface area contributed by atoms with Crippen LogP contribution in [0.5, 0.6) is 11.5 Å². The van der Waals surface area contributed by atoms with Crippen LogP contribution in [0.1, 0.15) is 16.1 Å². The van der Waals surface area contributed by atoms with Crippen LogP contribution in [0.4, 0.5) is 13.2 Å². The molecule has 0 aliphatic heterocycles. The summed E-state index contributed by atoms with van der Waals surface area (Å²) < 4.78 is 46.5. The highest BCUT2D eigenvalue weighted by atomic mass is 19.4. The van der Waals surface area contributed by atoms with Gasteiger partial charge in [-0.3, -0.25) is 4.79 Å². The molecular weight excluding hydrogens is 361 g/mol. The van der Waals surface area contributed by atoms with Crippen molar-refractivity contribution in [2.75, 3.05) is 13.7 Å². The predicted molar refractivity (Wildman–Crippen MR) is 94.0 cm³/mol. The van der Waals surface area contributed by atoms with Gasteiger partial charge in [-0.1, -0.05) is 12.1 Å². The summed E-state index contributed by atoms with van der Waals surface area (Å²) in [4.78, 5) is 15.3. The topological polar surface area (TPSA) is 63.4 Å². The largest absolute Gasteiger partial charge is 0.497 e. The number of amides is 1. The molecule has 0 bridgehead atoms. The SMILES string of the molecule is COc1ccc2cc(C(=O)NCc3cccc(OCC(F)(F)F)c3)[nH]c2c1. The van der Waals surface area contributed by atoms with Crippen LogP contribution in [0, 0.1) is 0 Å². The number of H-pyrrole nitrogens is 1. The van der Waals surface area contributed by atoms with E-state index in [0.29, 0.717) is 17.0 Å². The predicted octanol–water partition coefficient (Wildman–Crippen LogP) is 4.05. The maximum Gasteiger partial charge on any atom is 0.422 e. The van der Waals surface area contributed by atoms with Crippen molar-refractivity contribution in [2.24, 2.45) is 0 Å². The molecule has 0 fully saturated rings. The van der Waals surface area contributed by atoms with Crippen LogP contribution >= 0.6 is 0 Å². The van der Waals surface area contributed by atoms with Crippen molar-refractivity contribution in [1.29, 1.82) is 0 Å². The van der Waals surface area contributed by atoms with Crippen molar-refractivity contribution in [2.45, 2.75) is 12.7 Å². The average Bonchev–Trinajstić information content (AvgIpc) is 3.07. The highest BCUT2D eigenvalue weighted by molar-refractivity contribution is 5.98. The van der Waals surface area contributed by atoms with Crippen molar-refractivity contribution < 1.29 is 27.4 Å². The van der Waals surface area contributed by atoms with Crippen molar-refractivity contribution in [3.05, 3.63) is 59.8 Å². The first-order chi connectivity index (χ1) is 12.8. The fraction of sp³-hybridized carbons (Fsp3) is 0.211. The molecule has 0 aliphatic rings. The van der Waals surface area contributed by atoms with Gasteiger partial charge in [-0.25, -0.2) is 0 Å². The number of ether oxygens (including phenoxy) is 2. The van der Waals surface area contributed by atoms with E-state index in [4.69, 9.17) is 9.47 Å². The van der Waals surface area contributed by atoms with Gasteiger partial charge in [0, 0.05) is 23.5 Å². The van der Waals surface area contributed by atoms with Gasteiger partial charge in [0.15, 0.2) is 6.61 Å². The van der Waals surface area contributed by atoms with Crippen LogP contribution in [-0.4, -0.2) is 30.8 Å². The van der Waals surface area contributed by atoms with E-state index >= 15 is 0 Å². The zero-order chi connectivity index (χ0) is 19.4. The van der Waals surface area contributed by atoms with Gasteiger partial charge in [0.1, 0.15) is 17.2 Å². The zero-order valence-electron chi connectivity index (χ0n) is 14.4.